The normalized spacial score (nSPS) is 16.3. The van der Waals surface area contributed by atoms with Gasteiger partial charge in [-0.05, 0) is 59.4 Å². The van der Waals surface area contributed by atoms with E-state index < -0.39 is 24.2 Å². The highest BCUT2D eigenvalue weighted by molar-refractivity contribution is 7.26. The Labute approximate surface area is 281 Å². The van der Waals surface area contributed by atoms with Crippen LogP contribution >= 0.6 is 11.3 Å². The first kappa shape index (κ1) is 17.1. The van der Waals surface area contributed by atoms with Crippen molar-refractivity contribution in [2.75, 3.05) is 0 Å². The van der Waals surface area contributed by atoms with Crippen molar-refractivity contribution < 1.29 is 18.1 Å². The minimum absolute atomic E-state index is 0.0689. The maximum absolute atomic E-state index is 9.59. The molecule has 214 valence electrons. The van der Waals surface area contributed by atoms with Gasteiger partial charge in [0, 0.05) is 59.1 Å². The number of hydrogen-bond acceptors (Lipinski definition) is 3. The zero-order valence-electron chi connectivity index (χ0n) is 33.8. The molecule has 4 heterocycles. The van der Waals surface area contributed by atoms with Crippen LogP contribution in [0.2, 0.25) is 0 Å². The Morgan fingerprint density at radius 2 is 1.46 bits per heavy atom. The number of furan rings is 1. The standard InChI is InChI=1S/C42H24N2OS/c1-5-13-31-24(9-1)23-32(43-31)25-19-20-35(40-27(25)17-18-28-26-10-3-7-15-36(26)45-42(28)40)44-33-14-6-2-11-29(33)39-34(44)21-22-38-41(39)30-12-4-8-16-37(30)46-38/h1-22H,23H2/i2D,4D,6D,8D,11D,12D,14D,16D,21D,22D. The van der Waals surface area contributed by atoms with Crippen LogP contribution in [0.25, 0.3) is 80.4 Å². The number of hydrogen-bond donors (Lipinski definition) is 0. The number of benzene rings is 7. The molecule has 10 aromatic rings. The summed E-state index contributed by atoms with van der Waals surface area (Å²) in [5.41, 5.74) is 5.48. The highest BCUT2D eigenvalue weighted by atomic mass is 32.1. The van der Waals surface area contributed by atoms with Gasteiger partial charge in [-0.25, -0.2) is 0 Å². The quantitative estimate of drug-likeness (QED) is 0.191. The number of fused-ring (bicyclic) bond motifs is 13. The minimum atomic E-state index is -0.490. The number of para-hydroxylation sites is 3. The van der Waals surface area contributed by atoms with Crippen molar-refractivity contribution in [3.8, 4) is 5.69 Å². The van der Waals surface area contributed by atoms with Crippen molar-refractivity contribution in [2.45, 2.75) is 6.42 Å². The molecule has 3 nitrogen and oxygen atoms in total. The van der Waals surface area contributed by atoms with E-state index in [-0.39, 0.29) is 78.2 Å². The predicted octanol–water partition coefficient (Wildman–Crippen LogP) is 11.9. The third-order valence-corrected chi connectivity index (χ3v) is 10.2. The molecule has 11 rings (SSSR count). The van der Waals surface area contributed by atoms with E-state index in [0.717, 1.165) is 50.0 Å². The largest absolute Gasteiger partial charge is 0.455 e. The van der Waals surface area contributed by atoms with Crippen LogP contribution in [0.5, 0.6) is 0 Å². The molecule has 1 aliphatic heterocycles. The first-order chi connectivity index (χ1) is 27.0. The fourth-order valence-corrected chi connectivity index (χ4v) is 8.16. The molecule has 46 heavy (non-hydrogen) atoms. The highest BCUT2D eigenvalue weighted by Gasteiger charge is 2.24. The SMILES string of the molecule is [2H]c1c([2H])c([2H])c2c(sc3c([2H])c([2H])c4c(c5c([2H])c([2H])c([2H])c([2H])c5n4-c4ccc(C5=Nc6ccccc6C5)c5ccc6c7ccccc7oc6c45)c32)c1[2H]. The molecule has 0 saturated carbocycles. The predicted molar refractivity (Wildman–Crippen MR) is 195 cm³/mol. The van der Waals surface area contributed by atoms with Gasteiger partial charge in [0.25, 0.3) is 0 Å². The van der Waals surface area contributed by atoms with Gasteiger partial charge >= 0.3 is 0 Å². The van der Waals surface area contributed by atoms with Crippen LogP contribution in [-0.2, 0) is 6.42 Å². The van der Waals surface area contributed by atoms with Gasteiger partial charge in [-0.2, -0.15) is 0 Å². The molecule has 7 aromatic carbocycles. The molecular weight excluding hydrogens is 581 g/mol. The second kappa shape index (κ2) is 8.94. The molecule has 0 N–H and O–H groups in total. The zero-order chi connectivity index (χ0) is 38.6. The maximum atomic E-state index is 9.59. The highest BCUT2D eigenvalue weighted by Crippen LogP contribution is 2.46. The Bertz CT molecular complexity index is 3530. The zero-order valence-corrected chi connectivity index (χ0v) is 24.7. The number of nitrogens with zero attached hydrogens (tertiary/aromatic N) is 2. The summed E-state index contributed by atoms with van der Waals surface area (Å²) < 4.78 is 98.6. The fraction of sp³-hybridized carbons (Fsp3) is 0.0238. The van der Waals surface area contributed by atoms with Crippen LogP contribution in [0, 0.1) is 0 Å². The second-order valence-corrected chi connectivity index (χ2v) is 12.5. The van der Waals surface area contributed by atoms with Crippen molar-refractivity contribution in [3.63, 3.8) is 0 Å². The van der Waals surface area contributed by atoms with Gasteiger partial charge in [0.15, 0.2) is 0 Å². The number of aromatic nitrogens is 1. The summed E-state index contributed by atoms with van der Waals surface area (Å²) >= 11 is 0.982. The Morgan fingerprint density at radius 1 is 0.630 bits per heavy atom. The number of aliphatic imine (C=N–C) groups is 1. The van der Waals surface area contributed by atoms with Crippen LogP contribution in [0.4, 0.5) is 5.69 Å². The van der Waals surface area contributed by atoms with Crippen LogP contribution in [0.15, 0.2) is 143 Å². The van der Waals surface area contributed by atoms with Crippen LogP contribution < -0.4 is 0 Å². The Balaban J connectivity index is 1.39. The van der Waals surface area contributed by atoms with Gasteiger partial charge in [0.1, 0.15) is 11.2 Å². The smallest absolute Gasteiger partial charge is 0.145 e. The summed E-state index contributed by atoms with van der Waals surface area (Å²) in [4.78, 5) is 5.01. The van der Waals surface area contributed by atoms with E-state index in [1.807, 2.05) is 66.7 Å². The van der Waals surface area contributed by atoms with Crippen molar-refractivity contribution in [2.24, 2.45) is 4.99 Å². The third kappa shape index (κ3) is 3.19. The van der Waals surface area contributed by atoms with Gasteiger partial charge in [0.2, 0.25) is 0 Å². The van der Waals surface area contributed by atoms with E-state index in [1.54, 1.807) is 4.57 Å². The molecule has 0 radical (unpaired) electrons. The summed E-state index contributed by atoms with van der Waals surface area (Å²) in [5, 5.41) is 3.76. The summed E-state index contributed by atoms with van der Waals surface area (Å²) in [7, 11) is 0. The lowest BCUT2D eigenvalue weighted by Gasteiger charge is -2.15. The van der Waals surface area contributed by atoms with E-state index in [1.165, 1.54) is 0 Å². The van der Waals surface area contributed by atoms with Crippen molar-refractivity contribution in [1.29, 1.82) is 0 Å². The fourth-order valence-electron chi connectivity index (χ4n) is 7.19. The molecule has 0 bridgehead atoms. The first-order valence-corrected chi connectivity index (χ1v) is 15.7. The number of rotatable bonds is 2. The van der Waals surface area contributed by atoms with E-state index in [4.69, 9.17) is 17.6 Å². The van der Waals surface area contributed by atoms with Gasteiger partial charge in [-0.3, -0.25) is 4.99 Å². The molecule has 4 heteroatoms. The van der Waals surface area contributed by atoms with Crippen LogP contribution in [-0.4, -0.2) is 10.3 Å². The summed E-state index contributed by atoms with van der Waals surface area (Å²) in [6, 6.07) is 19.7. The van der Waals surface area contributed by atoms with Gasteiger partial charge in [-0.15, -0.1) is 11.3 Å². The Hall–Kier alpha value is -5.71. The van der Waals surface area contributed by atoms with E-state index in [9.17, 15) is 5.48 Å². The topological polar surface area (TPSA) is 30.4 Å². The van der Waals surface area contributed by atoms with E-state index >= 15 is 0 Å². The lowest BCUT2D eigenvalue weighted by molar-refractivity contribution is 0.672. The molecule has 0 unspecified atom stereocenters. The van der Waals surface area contributed by atoms with Gasteiger partial charge in [0.05, 0.1) is 41.8 Å². The Morgan fingerprint density at radius 3 is 2.41 bits per heavy atom. The second-order valence-electron chi connectivity index (χ2n) is 11.5. The van der Waals surface area contributed by atoms with Gasteiger partial charge < -0.3 is 8.98 Å². The molecular formula is C42H24N2OS. The molecule has 0 amide bonds. The van der Waals surface area contributed by atoms with Crippen LogP contribution in [0.1, 0.15) is 24.8 Å². The molecule has 0 fully saturated rings. The summed E-state index contributed by atoms with van der Waals surface area (Å²) in [5.74, 6) is 0. The lowest BCUT2D eigenvalue weighted by atomic mass is 9.95. The minimum Gasteiger partial charge on any atom is -0.455 e. The molecule has 0 atom stereocenters. The molecule has 0 spiro atoms. The van der Waals surface area contributed by atoms with Crippen molar-refractivity contribution in [3.05, 3.63) is 144 Å². The monoisotopic (exact) mass is 614 g/mol. The van der Waals surface area contributed by atoms with Crippen LogP contribution in [0.3, 0.4) is 0 Å². The van der Waals surface area contributed by atoms with Gasteiger partial charge in [-0.1, -0.05) is 84.8 Å². The van der Waals surface area contributed by atoms with Crippen molar-refractivity contribution in [1.82, 2.24) is 4.57 Å². The maximum Gasteiger partial charge on any atom is 0.145 e. The number of thiophene rings is 1. The van der Waals surface area contributed by atoms with E-state index in [2.05, 4.69) is 6.07 Å². The Kier molecular flexibility index (Phi) is 3.32. The molecule has 0 saturated heterocycles. The molecule has 0 aliphatic carbocycles. The summed E-state index contributed by atoms with van der Waals surface area (Å²) in [6.07, 6.45) is 0.597. The van der Waals surface area contributed by atoms with E-state index in [0.29, 0.717) is 28.7 Å². The molecule has 1 aliphatic rings. The van der Waals surface area contributed by atoms with Crippen molar-refractivity contribution >= 4 is 97.4 Å². The average Bonchev–Trinajstić information content (AvgIpc) is 3.99. The lowest BCUT2D eigenvalue weighted by Crippen LogP contribution is -2.04. The molecule has 3 aromatic heterocycles. The average molecular weight is 615 g/mol. The first-order valence-electron chi connectivity index (χ1n) is 19.9. The third-order valence-electron chi connectivity index (χ3n) is 9.14. The summed E-state index contributed by atoms with van der Waals surface area (Å²) in [6.45, 7) is 0.